The van der Waals surface area contributed by atoms with Crippen LogP contribution in [0.3, 0.4) is 0 Å². The Balaban J connectivity index is 2.53. The first-order chi connectivity index (χ1) is 7.56. The summed E-state index contributed by atoms with van der Waals surface area (Å²) in [6.45, 7) is 8.90. The molecule has 1 aliphatic rings. The van der Waals surface area contributed by atoms with Gasteiger partial charge in [-0.3, -0.25) is 0 Å². The second kappa shape index (κ2) is 6.22. The molecular formula is C15H26O. The largest absolute Gasteiger partial charge is 0.303 e. The zero-order chi connectivity index (χ0) is 12.1. The van der Waals surface area contributed by atoms with Crippen molar-refractivity contribution < 1.29 is 4.79 Å². The van der Waals surface area contributed by atoms with Crippen molar-refractivity contribution >= 4 is 6.29 Å². The summed E-state index contributed by atoms with van der Waals surface area (Å²) in [4.78, 5) is 10.9. The van der Waals surface area contributed by atoms with Crippen molar-refractivity contribution in [3.05, 3.63) is 11.1 Å². The van der Waals surface area contributed by atoms with Gasteiger partial charge in [0.15, 0.2) is 0 Å². The minimum Gasteiger partial charge on any atom is -0.303 e. The zero-order valence-corrected chi connectivity index (χ0v) is 11.3. The van der Waals surface area contributed by atoms with Crippen LogP contribution in [-0.4, -0.2) is 6.29 Å². The summed E-state index contributed by atoms with van der Waals surface area (Å²) in [5.74, 6) is 1.49. The first-order valence-corrected chi connectivity index (χ1v) is 6.70. The minimum absolute atomic E-state index is 0.248. The number of carbonyl (C=O) groups is 1. The maximum Gasteiger partial charge on any atom is 0.123 e. The predicted molar refractivity (Wildman–Crippen MR) is 69.3 cm³/mol. The SMILES string of the molecule is CC1=C(CC[C@@H](C=O)C(C)C)CCC[C@H]1C. The van der Waals surface area contributed by atoms with Gasteiger partial charge in [-0.05, 0) is 50.9 Å². The van der Waals surface area contributed by atoms with Crippen molar-refractivity contribution in [2.24, 2.45) is 17.8 Å². The number of allylic oxidation sites excluding steroid dienone is 2. The van der Waals surface area contributed by atoms with Gasteiger partial charge in [0, 0.05) is 5.92 Å². The van der Waals surface area contributed by atoms with E-state index in [-0.39, 0.29) is 5.92 Å². The molecule has 16 heavy (non-hydrogen) atoms. The Morgan fingerprint density at radius 1 is 1.44 bits per heavy atom. The van der Waals surface area contributed by atoms with Crippen molar-refractivity contribution in [1.82, 2.24) is 0 Å². The van der Waals surface area contributed by atoms with E-state index in [0.717, 1.165) is 25.0 Å². The Hall–Kier alpha value is -0.590. The van der Waals surface area contributed by atoms with E-state index >= 15 is 0 Å². The highest BCUT2D eigenvalue weighted by atomic mass is 16.1. The zero-order valence-electron chi connectivity index (χ0n) is 11.3. The molecule has 0 aliphatic heterocycles. The molecule has 1 nitrogen and oxygen atoms in total. The van der Waals surface area contributed by atoms with Crippen LogP contribution in [0.1, 0.15) is 59.8 Å². The fourth-order valence-corrected chi connectivity index (χ4v) is 2.61. The van der Waals surface area contributed by atoms with E-state index in [0.29, 0.717) is 5.92 Å². The van der Waals surface area contributed by atoms with Gasteiger partial charge in [0.2, 0.25) is 0 Å². The Morgan fingerprint density at radius 3 is 2.69 bits per heavy atom. The molecule has 0 unspecified atom stereocenters. The topological polar surface area (TPSA) is 17.1 Å². The minimum atomic E-state index is 0.248. The van der Waals surface area contributed by atoms with Gasteiger partial charge in [-0.25, -0.2) is 0 Å². The number of hydrogen-bond donors (Lipinski definition) is 0. The second-order valence-corrected chi connectivity index (χ2v) is 5.66. The first-order valence-electron chi connectivity index (χ1n) is 6.70. The van der Waals surface area contributed by atoms with Crippen LogP contribution in [0.5, 0.6) is 0 Å². The van der Waals surface area contributed by atoms with Crippen LogP contribution < -0.4 is 0 Å². The summed E-state index contributed by atoms with van der Waals surface area (Å²) in [7, 11) is 0. The molecule has 0 fully saturated rings. The average Bonchev–Trinajstić information content (AvgIpc) is 2.24. The van der Waals surface area contributed by atoms with Gasteiger partial charge in [0.05, 0.1) is 0 Å². The third kappa shape index (κ3) is 3.47. The van der Waals surface area contributed by atoms with E-state index in [2.05, 4.69) is 27.7 Å². The molecule has 0 heterocycles. The monoisotopic (exact) mass is 222 g/mol. The van der Waals surface area contributed by atoms with E-state index in [9.17, 15) is 4.79 Å². The van der Waals surface area contributed by atoms with Crippen LogP contribution in [0.4, 0.5) is 0 Å². The van der Waals surface area contributed by atoms with Crippen LogP contribution in [0.25, 0.3) is 0 Å². The third-order valence-electron chi connectivity index (χ3n) is 4.22. The van der Waals surface area contributed by atoms with Gasteiger partial charge in [0.1, 0.15) is 6.29 Å². The maximum absolute atomic E-state index is 10.9. The predicted octanol–water partition coefficient (Wildman–Crippen LogP) is 4.37. The normalized spacial score (nSPS) is 23.7. The van der Waals surface area contributed by atoms with Crippen LogP contribution in [0.2, 0.25) is 0 Å². The van der Waals surface area contributed by atoms with Crippen LogP contribution in [-0.2, 0) is 4.79 Å². The van der Waals surface area contributed by atoms with Crippen LogP contribution in [0.15, 0.2) is 11.1 Å². The number of rotatable bonds is 5. The molecule has 1 aliphatic carbocycles. The molecule has 92 valence electrons. The molecule has 1 heteroatoms. The summed E-state index contributed by atoms with van der Waals surface area (Å²) in [6.07, 6.45) is 7.27. The van der Waals surface area contributed by atoms with Crippen molar-refractivity contribution in [3.8, 4) is 0 Å². The Kier molecular flexibility index (Phi) is 5.24. The van der Waals surface area contributed by atoms with Gasteiger partial charge in [-0.15, -0.1) is 0 Å². The van der Waals surface area contributed by atoms with Gasteiger partial charge in [-0.2, -0.15) is 0 Å². The van der Waals surface area contributed by atoms with Gasteiger partial charge in [0.25, 0.3) is 0 Å². The highest BCUT2D eigenvalue weighted by molar-refractivity contribution is 5.53. The number of aldehydes is 1. The van der Waals surface area contributed by atoms with E-state index in [4.69, 9.17) is 0 Å². The summed E-state index contributed by atoms with van der Waals surface area (Å²) in [6, 6.07) is 0. The lowest BCUT2D eigenvalue weighted by Gasteiger charge is -2.25. The smallest absolute Gasteiger partial charge is 0.123 e. The molecule has 0 saturated heterocycles. The lowest BCUT2D eigenvalue weighted by molar-refractivity contribution is -0.112. The molecule has 0 aromatic rings. The molecule has 0 radical (unpaired) electrons. The van der Waals surface area contributed by atoms with Crippen molar-refractivity contribution in [2.75, 3.05) is 0 Å². The Bertz CT molecular complexity index is 263. The van der Waals surface area contributed by atoms with Crippen molar-refractivity contribution in [3.63, 3.8) is 0 Å². The highest BCUT2D eigenvalue weighted by Crippen LogP contribution is 2.33. The maximum atomic E-state index is 10.9. The van der Waals surface area contributed by atoms with Crippen LogP contribution >= 0.6 is 0 Å². The Labute approximate surface area is 100 Å². The molecule has 0 aromatic heterocycles. The number of hydrogen-bond acceptors (Lipinski definition) is 1. The quantitative estimate of drug-likeness (QED) is 0.498. The first kappa shape index (κ1) is 13.5. The lowest BCUT2D eigenvalue weighted by atomic mass is 9.81. The Morgan fingerprint density at radius 2 is 2.12 bits per heavy atom. The molecule has 2 atom stereocenters. The summed E-state index contributed by atoms with van der Waals surface area (Å²) >= 11 is 0. The summed E-state index contributed by atoms with van der Waals surface area (Å²) < 4.78 is 0. The molecule has 0 amide bonds. The highest BCUT2D eigenvalue weighted by Gasteiger charge is 2.18. The summed E-state index contributed by atoms with van der Waals surface area (Å²) in [5.41, 5.74) is 3.23. The lowest BCUT2D eigenvalue weighted by Crippen LogP contribution is -2.12. The molecule has 0 saturated carbocycles. The van der Waals surface area contributed by atoms with E-state index in [1.807, 2.05) is 0 Å². The fourth-order valence-electron chi connectivity index (χ4n) is 2.61. The van der Waals surface area contributed by atoms with Gasteiger partial charge in [-0.1, -0.05) is 31.9 Å². The van der Waals surface area contributed by atoms with Gasteiger partial charge >= 0.3 is 0 Å². The number of carbonyl (C=O) groups excluding carboxylic acids is 1. The second-order valence-electron chi connectivity index (χ2n) is 5.66. The van der Waals surface area contributed by atoms with Crippen molar-refractivity contribution in [2.45, 2.75) is 59.8 Å². The van der Waals surface area contributed by atoms with Crippen molar-refractivity contribution in [1.29, 1.82) is 0 Å². The van der Waals surface area contributed by atoms with E-state index in [1.54, 1.807) is 11.1 Å². The van der Waals surface area contributed by atoms with E-state index in [1.165, 1.54) is 19.3 Å². The van der Waals surface area contributed by atoms with Crippen LogP contribution in [0, 0.1) is 17.8 Å². The van der Waals surface area contributed by atoms with E-state index < -0.39 is 0 Å². The molecule has 1 rings (SSSR count). The average molecular weight is 222 g/mol. The molecule has 0 bridgehead atoms. The fraction of sp³-hybridized carbons (Fsp3) is 0.800. The molecule has 0 aromatic carbocycles. The molecule has 0 N–H and O–H groups in total. The van der Waals surface area contributed by atoms with Gasteiger partial charge < -0.3 is 4.79 Å². The molecular weight excluding hydrogens is 196 g/mol. The standard InChI is InChI=1S/C15H26O/c1-11(2)15(10-16)9-8-14-7-5-6-12(3)13(14)4/h10-12,15H,5-9H2,1-4H3/t12-,15+/m1/s1. The summed E-state index contributed by atoms with van der Waals surface area (Å²) in [5, 5.41) is 0. The molecule has 0 spiro atoms. The third-order valence-corrected chi connectivity index (χ3v) is 4.22.